The van der Waals surface area contributed by atoms with Gasteiger partial charge in [0, 0.05) is 23.9 Å². The first-order valence-corrected chi connectivity index (χ1v) is 11.4. The van der Waals surface area contributed by atoms with Crippen molar-refractivity contribution in [3.05, 3.63) is 53.1 Å². The number of sulfonamides is 1. The van der Waals surface area contributed by atoms with Crippen LogP contribution in [0, 0.1) is 0 Å². The summed E-state index contributed by atoms with van der Waals surface area (Å²) in [5.74, 6) is 0.905. The minimum Gasteiger partial charge on any atom is -0.493 e. The van der Waals surface area contributed by atoms with Crippen LogP contribution in [0.15, 0.2) is 41.5 Å². The van der Waals surface area contributed by atoms with Gasteiger partial charge in [-0.1, -0.05) is 12.1 Å². The molecule has 2 amide bonds. The number of nitrogens with zero attached hydrogens (tertiary/aromatic N) is 2. The van der Waals surface area contributed by atoms with Gasteiger partial charge < -0.3 is 14.8 Å². The first-order valence-electron chi connectivity index (χ1n) is 9.96. The summed E-state index contributed by atoms with van der Waals surface area (Å²) < 4.78 is 73.1. The molecule has 0 radical (unpaired) electrons. The van der Waals surface area contributed by atoms with E-state index in [9.17, 15) is 26.4 Å². The Hall–Kier alpha value is -3.48. The predicted molar refractivity (Wildman–Crippen MR) is 120 cm³/mol. The number of urea groups is 1. The summed E-state index contributed by atoms with van der Waals surface area (Å²) in [5.41, 5.74) is -3.52. The number of methoxy groups -OCH3 is 2. The summed E-state index contributed by atoms with van der Waals surface area (Å²) in [6.07, 6.45) is 0.430. The van der Waals surface area contributed by atoms with E-state index in [1.807, 2.05) is 6.92 Å². The van der Waals surface area contributed by atoms with Gasteiger partial charge >= 0.3 is 21.6 Å². The van der Waals surface area contributed by atoms with Crippen LogP contribution in [0.2, 0.25) is 0 Å². The molecule has 13 heteroatoms. The first-order chi connectivity index (χ1) is 15.9. The molecule has 0 saturated heterocycles. The lowest BCUT2D eigenvalue weighted by molar-refractivity contribution is -0.0429. The number of carbonyl (C=O) groups is 1. The number of benzene rings is 2. The zero-order valence-corrected chi connectivity index (χ0v) is 19.5. The number of hydrazone groups is 1. The molecule has 0 spiro atoms. The number of amides is 2. The normalized spacial score (nSPS) is 16.1. The smallest absolute Gasteiger partial charge is 0.493 e. The van der Waals surface area contributed by atoms with Gasteiger partial charge in [0.15, 0.2) is 11.5 Å². The van der Waals surface area contributed by atoms with E-state index in [2.05, 4.69) is 10.4 Å². The first kappa shape index (κ1) is 25.1. The van der Waals surface area contributed by atoms with Crippen molar-refractivity contribution in [3.8, 4) is 11.5 Å². The number of fused-ring (bicyclic) bond motifs is 1. The molecule has 1 aliphatic heterocycles. The van der Waals surface area contributed by atoms with Crippen molar-refractivity contribution in [1.29, 1.82) is 0 Å². The van der Waals surface area contributed by atoms with Gasteiger partial charge in [-0.25, -0.2) is 9.80 Å². The molecule has 0 fully saturated rings. The maximum absolute atomic E-state index is 12.7. The van der Waals surface area contributed by atoms with Crippen LogP contribution >= 0.6 is 0 Å². The number of hydrogen-bond acceptors (Lipinski definition) is 6. The number of hydrogen-bond donors (Lipinski definition) is 2. The largest absolute Gasteiger partial charge is 0.516 e. The molecule has 1 atom stereocenters. The standard InChI is InChI=1S/C21H23F3N4O5S/c1-12-9-14-10-17(32-3)18(33-4)11-16(14)19(26-28(12)20(29)25-2)13-5-7-15(8-6-13)27-34(30,31)21(22,23)24/h5-8,10-12,27H,9H2,1-4H3,(H,25,29). The quantitative estimate of drug-likeness (QED) is 0.655. The maximum atomic E-state index is 12.7. The van der Waals surface area contributed by atoms with E-state index in [0.717, 1.165) is 5.56 Å². The van der Waals surface area contributed by atoms with Crippen molar-refractivity contribution in [2.45, 2.75) is 24.9 Å². The predicted octanol–water partition coefficient (Wildman–Crippen LogP) is 3.30. The number of rotatable bonds is 5. The maximum Gasteiger partial charge on any atom is 0.516 e. The van der Waals surface area contributed by atoms with E-state index >= 15 is 0 Å². The minimum absolute atomic E-state index is 0.278. The Morgan fingerprint density at radius 1 is 1.12 bits per heavy atom. The molecule has 0 saturated carbocycles. The second-order valence-corrected chi connectivity index (χ2v) is 9.07. The molecule has 0 aromatic heterocycles. The van der Waals surface area contributed by atoms with Crippen molar-refractivity contribution < 1.29 is 35.9 Å². The Bertz CT molecular complexity index is 1210. The summed E-state index contributed by atoms with van der Waals surface area (Å²) in [6.45, 7) is 1.82. The van der Waals surface area contributed by atoms with E-state index in [-0.39, 0.29) is 11.7 Å². The van der Waals surface area contributed by atoms with Crippen LogP contribution in [0.25, 0.3) is 0 Å². The fourth-order valence-electron chi connectivity index (χ4n) is 3.46. The molecule has 2 N–H and O–H groups in total. The fraction of sp³-hybridized carbons (Fsp3) is 0.333. The van der Waals surface area contributed by atoms with E-state index in [4.69, 9.17) is 9.47 Å². The average Bonchev–Trinajstić information content (AvgIpc) is 2.92. The lowest BCUT2D eigenvalue weighted by Gasteiger charge is -2.22. The Morgan fingerprint density at radius 2 is 1.71 bits per heavy atom. The molecule has 0 aliphatic carbocycles. The highest BCUT2D eigenvalue weighted by molar-refractivity contribution is 7.93. The monoisotopic (exact) mass is 500 g/mol. The Kier molecular flexibility index (Phi) is 6.96. The van der Waals surface area contributed by atoms with Gasteiger partial charge in [-0.2, -0.15) is 26.7 Å². The molecule has 3 rings (SSSR count). The Morgan fingerprint density at radius 3 is 2.24 bits per heavy atom. The second-order valence-electron chi connectivity index (χ2n) is 7.39. The van der Waals surface area contributed by atoms with Gasteiger partial charge in [0.1, 0.15) is 0 Å². The number of ether oxygens (including phenoxy) is 2. The van der Waals surface area contributed by atoms with E-state index in [1.54, 1.807) is 12.1 Å². The second kappa shape index (κ2) is 9.41. The summed E-state index contributed by atoms with van der Waals surface area (Å²) in [6, 6.07) is 7.86. The van der Waals surface area contributed by atoms with Crippen LogP contribution in [0.1, 0.15) is 23.6 Å². The van der Waals surface area contributed by atoms with E-state index < -0.39 is 21.6 Å². The highest BCUT2D eigenvalue weighted by Gasteiger charge is 2.46. The van der Waals surface area contributed by atoms with Gasteiger partial charge in [-0.15, -0.1) is 0 Å². The Balaban J connectivity index is 2.12. The van der Waals surface area contributed by atoms with Crippen molar-refractivity contribution in [3.63, 3.8) is 0 Å². The number of alkyl halides is 3. The molecular weight excluding hydrogens is 477 g/mol. The molecular formula is C21H23F3N4O5S. The lowest BCUT2D eigenvalue weighted by Crippen LogP contribution is -2.41. The summed E-state index contributed by atoms with van der Waals surface area (Å²) >= 11 is 0. The molecule has 2 aromatic rings. The zero-order chi connectivity index (χ0) is 25.3. The van der Waals surface area contributed by atoms with Crippen LogP contribution < -0.4 is 19.5 Å². The molecule has 1 aliphatic rings. The number of nitrogens with one attached hydrogen (secondary N) is 2. The van der Waals surface area contributed by atoms with E-state index in [1.165, 1.54) is 55.3 Å². The van der Waals surface area contributed by atoms with Crippen molar-refractivity contribution in [1.82, 2.24) is 10.3 Å². The highest BCUT2D eigenvalue weighted by atomic mass is 32.2. The van der Waals surface area contributed by atoms with Crippen LogP contribution in [0.5, 0.6) is 11.5 Å². The molecule has 1 heterocycles. The molecule has 9 nitrogen and oxygen atoms in total. The summed E-state index contributed by atoms with van der Waals surface area (Å²) in [7, 11) is -1.13. The van der Waals surface area contributed by atoms with Crippen LogP contribution in [0.3, 0.4) is 0 Å². The molecule has 1 unspecified atom stereocenters. The number of anilines is 1. The molecule has 2 aromatic carbocycles. The lowest BCUT2D eigenvalue weighted by atomic mass is 9.94. The molecule has 184 valence electrons. The highest BCUT2D eigenvalue weighted by Crippen LogP contribution is 2.35. The number of carbonyl (C=O) groups excluding carboxylic acids is 1. The summed E-state index contributed by atoms with van der Waals surface area (Å²) in [4.78, 5) is 12.5. The van der Waals surface area contributed by atoms with Gasteiger partial charge in [0.2, 0.25) is 0 Å². The number of halogens is 3. The minimum atomic E-state index is -5.56. The van der Waals surface area contributed by atoms with Gasteiger partial charge in [-0.3, -0.25) is 4.72 Å². The van der Waals surface area contributed by atoms with Crippen LogP contribution in [-0.4, -0.2) is 58.0 Å². The van der Waals surface area contributed by atoms with Crippen LogP contribution in [0.4, 0.5) is 23.7 Å². The molecule has 34 heavy (non-hydrogen) atoms. The van der Waals surface area contributed by atoms with Crippen molar-refractivity contribution in [2.24, 2.45) is 5.10 Å². The third kappa shape index (κ3) is 4.88. The SMILES string of the molecule is CNC(=O)N1N=C(c2ccc(NS(=O)(=O)C(F)(F)F)cc2)c2cc(OC)c(OC)cc2CC1C. The summed E-state index contributed by atoms with van der Waals surface area (Å²) in [5, 5.41) is 8.34. The topological polar surface area (TPSA) is 109 Å². The average molecular weight is 500 g/mol. The van der Waals surface area contributed by atoms with Gasteiger partial charge in [0.25, 0.3) is 0 Å². The van der Waals surface area contributed by atoms with Gasteiger partial charge in [-0.05, 0) is 43.2 Å². The van der Waals surface area contributed by atoms with Crippen molar-refractivity contribution >= 4 is 27.5 Å². The van der Waals surface area contributed by atoms with Crippen LogP contribution in [-0.2, 0) is 16.4 Å². The van der Waals surface area contributed by atoms with E-state index in [0.29, 0.717) is 34.8 Å². The Labute approximate surface area is 194 Å². The van der Waals surface area contributed by atoms with Gasteiger partial charge in [0.05, 0.1) is 26.0 Å². The third-order valence-corrected chi connectivity index (χ3v) is 6.26. The zero-order valence-electron chi connectivity index (χ0n) is 18.7. The third-order valence-electron chi connectivity index (χ3n) is 5.14. The fourth-order valence-corrected chi connectivity index (χ4v) is 4.02. The molecule has 0 bridgehead atoms. The van der Waals surface area contributed by atoms with Crippen molar-refractivity contribution in [2.75, 3.05) is 26.0 Å².